The Labute approximate surface area is 105 Å². The van der Waals surface area contributed by atoms with Crippen LogP contribution in [0.25, 0.3) is 0 Å². The van der Waals surface area contributed by atoms with Crippen molar-refractivity contribution in [3.8, 4) is 0 Å². The van der Waals surface area contributed by atoms with E-state index in [1.54, 1.807) is 6.20 Å². The number of hydrogen-bond donors (Lipinski definition) is 2. The minimum atomic E-state index is -0.520. The summed E-state index contributed by atoms with van der Waals surface area (Å²) in [4.78, 5) is 0. The number of hydrogen-bond acceptors (Lipinski definition) is 4. The molecule has 2 N–H and O–H groups in total. The molecule has 1 aliphatic heterocycles. The second-order valence-electron chi connectivity index (χ2n) is 4.36. The Morgan fingerprint density at radius 1 is 1.28 bits per heavy atom. The zero-order valence-corrected chi connectivity index (χ0v) is 9.93. The molecule has 0 bridgehead atoms. The summed E-state index contributed by atoms with van der Waals surface area (Å²) in [5.74, 6) is 0.830. The summed E-state index contributed by atoms with van der Waals surface area (Å²) in [5, 5.41) is 10.1. The summed E-state index contributed by atoms with van der Waals surface area (Å²) >= 11 is 0. The minimum absolute atomic E-state index is 0.313. The number of aromatic amines is 1. The molecular formula is C13H15N3O2. The van der Waals surface area contributed by atoms with Gasteiger partial charge in [0, 0.05) is 12.5 Å². The third-order valence-corrected chi connectivity index (χ3v) is 2.95. The molecule has 1 aromatic heterocycles. The molecule has 5 nitrogen and oxygen atoms in total. The summed E-state index contributed by atoms with van der Waals surface area (Å²) in [6.07, 6.45) is 2.45. The number of benzene rings is 1. The van der Waals surface area contributed by atoms with Crippen LogP contribution in [0.5, 0.6) is 0 Å². The average molecular weight is 245 g/mol. The first kappa shape index (κ1) is 11.3. The van der Waals surface area contributed by atoms with Gasteiger partial charge in [0.25, 0.3) is 0 Å². The number of anilines is 1. The number of nitrogens with zero attached hydrogens (tertiary/aromatic N) is 1. The molecule has 2 aromatic rings. The Hall–Kier alpha value is -1.85. The van der Waals surface area contributed by atoms with Gasteiger partial charge in [-0.1, -0.05) is 30.3 Å². The SMILES string of the molecule is c1ccc(CC2(Nc3ccn[nH]3)COCO2)cc1. The Balaban J connectivity index is 1.79. The van der Waals surface area contributed by atoms with Gasteiger partial charge in [0.2, 0.25) is 0 Å². The quantitative estimate of drug-likeness (QED) is 0.861. The molecule has 1 saturated heterocycles. The first-order chi connectivity index (χ1) is 8.86. The fourth-order valence-electron chi connectivity index (χ4n) is 2.12. The van der Waals surface area contributed by atoms with E-state index in [0.717, 1.165) is 12.2 Å². The van der Waals surface area contributed by atoms with Crippen molar-refractivity contribution < 1.29 is 9.47 Å². The maximum absolute atomic E-state index is 5.74. The third kappa shape index (κ3) is 2.37. The van der Waals surface area contributed by atoms with Crippen molar-refractivity contribution in [2.24, 2.45) is 0 Å². The van der Waals surface area contributed by atoms with Crippen molar-refractivity contribution in [1.82, 2.24) is 10.2 Å². The van der Waals surface area contributed by atoms with Gasteiger partial charge in [0.1, 0.15) is 12.6 Å². The van der Waals surface area contributed by atoms with E-state index in [-0.39, 0.29) is 0 Å². The minimum Gasteiger partial charge on any atom is -0.350 e. The molecule has 1 aliphatic rings. The Kier molecular flexibility index (Phi) is 3.00. The monoisotopic (exact) mass is 245 g/mol. The van der Waals surface area contributed by atoms with Crippen LogP contribution in [0.3, 0.4) is 0 Å². The van der Waals surface area contributed by atoms with E-state index in [1.807, 2.05) is 24.3 Å². The van der Waals surface area contributed by atoms with Gasteiger partial charge in [0.05, 0.1) is 12.8 Å². The van der Waals surface area contributed by atoms with Crippen LogP contribution in [0.1, 0.15) is 5.56 Å². The summed E-state index contributed by atoms with van der Waals surface area (Å²) in [6.45, 7) is 0.828. The second-order valence-corrected chi connectivity index (χ2v) is 4.36. The van der Waals surface area contributed by atoms with Crippen LogP contribution in [0.15, 0.2) is 42.6 Å². The molecular weight excluding hydrogens is 230 g/mol. The number of aromatic nitrogens is 2. The molecule has 0 aliphatic carbocycles. The third-order valence-electron chi connectivity index (χ3n) is 2.95. The largest absolute Gasteiger partial charge is 0.350 e. The Morgan fingerprint density at radius 3 is 2.83 bits per heavy atom. The fraction of sp³-hybridized carbons (Fsp3) is 0.308. The predicted octanol–water partition coefficient (Wildman–Crippen LogP) is 1.76. The van der Waals surface area contributed by atoms with E-state index in [0.29, 0.717) is 13.4 Å². The van der Waals surface area contributed by atoms with E-state index in [1.165, 1.54) is 5.56 Å². The van der Waals surface area contributed by atoms with Gasteiger partial charge >= 0.3 is 0 Å². The van der Waals surface area contributed by atoms with Gasteiger partial charge in [-0.25, -0.2) is 0 Å². The molecule has 1 fully saturated rings. The van der Waals surface area contributed by atoms with E-state index < -0.39 is 5.72 Å². The molecule has 94 valence electrons. The highest BCUT2D eigenvalue weighted by molar-refractivity contribution is 5.36. The number of ether oxygens (including phenoxy) is 2. The van der Waals surface area contributed by atoms with Gasteiger partial charge in [-0.15, -0.1) is 0 Å². The van der Waals surface area contributed by atoms with Gasteiger partial charge < -0.3 is 14.8 Å². The lowest BCUT2D eigenvalue weighted by Crippen LogP contribution is -2.43. The summed E-state index contributed by atoms with van der Waals surface area (Å²) in [7, 11) is 0. The standard InChI is InChI=1S/C13H15N3O2/c1-2-4-11(5-3-1)8-13(9-17-10-18-13)15-12-6-7-14-16-12/h1-7H,8-10H2,(H2,14,15,16). The molecule has 0 saturated carbocycles. The smallest absolute Gasteiger partial charge is 0.170 e. The van der Waals surface area contributed by atoms with Crippen molar-refractivity contribution in [3.63, 3.8) is 0 Å². The molecule has 3 rings (SSSR count). The van der Waals surface area contributed by atoms with E-state index >= 15 is 0 Å². The first-order valence-corrected chi connectivity index (χ1v) is 5.90. The van der Waals surface area contributed by atoms with Crippen molar-refractivity contribution in [1.29, 1.82) is 0 Å². The summed E-state index contributed by atoms with van der Waals surface area (Å²) < 4.78 is 11.1. The van der Waals surface area contributed by atoms with Crippen LogP contribution in [-0.4, -0.2) is 29.3 Å². The van der Waals surface area contributed by atoms with E-state index in [2.05, 4.69) is 27.6 Å². The van der Waals surface area contributed by atoms with Crippen LogP contribution in [0.2, 0.25) is 0 Å². The molecule has 0 spiro atoms. The number of H-pyrrole nitrogens is 1. The molecule has 1 atom stereocenters. The highest BCUT2D eigenvalue weighted by Crippen LogP contribution is 2.25. The van der Waals surface area contributed by atoms with Gasteiger partial charge in [-0.3, -0.25) is 5.10 Å². The maximum Gasteiger partial charge on any atom is 0.170 e. The normalized spacial score (nSPS) is 23.1. The Morgan fingerprint density at radius 2 is 2.17 bits per heavy atom. The molecule has 5 heteroatoms. The summed E-state index contributed by atoms with van der Waals surface area (Å²) in [6, 6.07) is 12.1. The molecule has 0 amide bonds. The predicted molar refractivity (Wildman–Crippen MR) is 67.0 cm³/mol. The Bertz CT molecular complexity index is 478. The molecule has 0 radical (unpaired) electrons. The lowest BCUT2D eigenvalue weighted by molar-refractivity contribution is 0.00736. The van der Waals surface area contributed by atoms with Crippen LogP contribution in [0.4, 0.5) is 5.82 Å². The van der Waals surface area contributed by atoms with Crippen LogP contribution >= 0.6 is 0 Å². The zero-order valence-electron chi connectivity index (χ0n) is 9.93. The maximum atomic E-state index is 5.74. The molecule has 1 unspecified atom stereocenters. The second kappa shape index (κ2) is 4.80. The van der Waals surface area contributed by atoms with E-state index in [4.69, 9.17) is 9.47 Å². The average Bonchev–Trinajstić information content (AvgIpc) is 3.03. The van der Waals surface area contributed by atoms with Crippen molar-refractivity contribution >= 4 is 5.82 Å². The van der Waals surface area contributed by atoms with E-state index in [9.17, 15) is 0 Å². The fourth-order valence-corrected chi connectivity index (χ4v) is 2.12. The van der Waals surface area contributed by atoms with Crippen molar-refractivity contribution in [2.45, 2.75) is 12.1 Å². The lowest BCUT2D eigenvalue weighted by Gasteiger charge is -2.28. The molecule has 1 aromatic carbocycles. The zero-order chi connectivity index (χ0) is 12.3. The highest BCUT2D eigenvalue weighted by Gasteiger charge is 2.36. The summed E-state index contributed by atoms with van der Waals surface area (Å²) in [5.41, 5.74) is 0.684. The number of rotatable bonds is 4. The first-order valence-electron chi connectivity index (χ1n) is 5.90. The lowest BCUT2D eigenvalue weighted by atomic mass is 10.0. The van der Waals surface area contributed by atoms with Gasteiger partial charge in [0.15, 0.2) is 5.72 Å². The van der Waals surface area contributed by atoms with Crippen LogP contribution in [-0.2, 0) is 15.9 Å². The molecule has 2 heterocycles. The van der Waals surface area contributed by atoms with Gasteiger partial charge in [-0.05, 0) is 5.56 Å². The van der Waals surface area contributed by atoms with Crippen molar-refractivity contribution in [3.05, 3.63) is 48.2 Å². The van der Waals surface area contributed by atoms with Gasteiger partial charge in [-0.2, -0.15) is 5.10 Å². The molecule has 18 heavy (non-hydrogen) atoms. The highest BCUT2D eigenvalue weighted by atomic mass is 16.7. The van der Waals surface area contributed by atoms with Crippen LogP contribution < -0.4 is 5.32 Å². The topological polar surface area (TPSA) is 59.2 Å². The van der Waals surface area contributed by atoms with Crippen molar-refractivity contribution in [2.75, 3.05) is 18.7 Å². The number of nitrogens with one attached hydrogen (secondary N) is 2. The van der Waals surface area contributed by atoms with Crippen LogP contribution in [0, 0.1) is 0 Å².